The molecule has 0 aliphatic carbocycles. The molecule has 26 heavy (non-hydrogen) atoms. The number of amides is 2. The number of allylic oxidation sites excluding steroid dienone is 1. The summed E-state index contributed by atoms with van der Waals surface area (Å²) in [7, 11) is 0. The molecule has 4 nitrogen and oxygen atoms in total. The fourth-order valence-corrected chi connectivity index (χ4v) is 2.09. The monoisotopic (exact) mass is 364 g/mol. The van der Waals surface area contributed by atoms with Crippen LogP contribution >= 0.6 is 0 Å². The highest BCUT2D eigenvalue weighted by Crippen LogP contribution is 2.34. The third-order valence-electron chi connectivity index (χ3n) is 3.31. The lowest BCUT2D eigenvalue weighted by Crippen LogP contribution is -2.21. The van der Waals surface area contributed by atoms with Crippen LogP contribution in [0.3, 0.4) is 0 Å². The van der Waals surface area contributed by atoms with Crippen molar-refractivity contribution in [2.24, 2.45) is 0 Å². The number of para-hydroxylation sites is 1. The van der Waals surface area contributed by atoms with Gasteiger partial charge in [-0.05, 0) is 44.2 Å². The molecule has 0 spiro atoms. The summed E-state index contributed by atoms with van der Waals surface area (Å²) in [5.41, 5.74) is 0.297. The molecule has 138 valence electrons. The van der Waals surface area contributed by atoms with Gasteiger partial charge in [0.15, 0.2) is 0 Å². The largest absolute Gasteiger partial charge is 0.489 e. The SMILES string of the molecule is CC(C)=CCOc1cccc(NC(=O)Nc2ccccc2C(F)(F)F)c1. The number of hydrogen-bond donors (Lipinski definition) is 2. The van der Waals surface area contributed by atoms with Crippen LogP contribution in [-0.2, 0) is 6.18 Å². The molecule has 0 unspecified atom stereocenters. The molecule has 0 aliphatic heterocycles. The highest BCUT2D eigenvalue weighted by molar-refractivity contribution is 6.00. The predicted molar refractivity (Wildman–Crippen MR) is 95.5 cm³/mol. The first-order valence-corrected chi connectivity index (χ1v) is 7.86. The van der Waals surface area contributed by atoms with Crippen LogP contribution in [-0.4, -0.2) is 12.6 Å². The van der Waals surface area contributed by atoms with Gasteiger partial charge in [-0.25, -0.2) is 4.79 Å². The maximum atomic E-state index is 13.0. The van der Waals surface area contributed by atoms with Crippen LogP contribution in [0, 0.1) is 0 Å². The summed E-state index contributed by atoms with van der Waals surface area (Å²) in [4.78, 5) is 12.0. The number of nitrogens with one attached hydrogen (secondary N) is 2. The minimum atomic E-state index is -4.55. The summed E-state index contributed by atoms with van der Waals surface area (Å²) in [6, 6.07) is 10.6. The second-order valence-corrected chi connectivity index (χ2v) is 5.74. The number of carbonyl (C=O) groups excluding carboxylic acids is 1. The molecular formula is C19H19F3N2O2. The molecule has 0 saturated carbocycles. The van der Waals surface area contributed by atoms with Gasteiger partial charge in [-0.3, -0.25) is 0 Å². The van der Waals surface area contributed by atoms with Crippen molar-refractivity contribution in [2.75, 3.05) is 17.2 Å². The molecule has 0 aliphatic rings. The van der Waals surface area contributed by atoms with Gasteiger partial charge in [-0.1, -0.05) is 23.8 Å². The molecule has 0 saturated heterocycles. The van der Waals surface area contributed by atoms with E-state index in [0.717, 1.165) is 11.6 Å². The van der Waals surface area contributed by atoms with E-state index in [1.807, 2.05) is 19.9 Å². The van der Waals surface area contributed by atoms with E-state index in [9.17, 15) is 18.0 Å². The van der Waals surface area contributed by atoms with Gasteiger partial charge in [0.05, 0.1) is 11.3 Å². The van der Waals surface area contributed by atoms with Crippen molar-refractivity contribution >= 4 is 17.4 Å². The fraction of sp³-hybridized carbons (Fsp3) is 0.211. The molecule has 2 aromatic rings. The normalized spacial score (nSPS) is 10.8. The third-order valence-corrected chi connectivity index (χ3v) is 3.31. The summed E-state index contributed by atoms with van der Waals surface area (Å²) in [6.45, 7) is 4.28. The lowest BCUT2D eigenvalue weighted by molar-refractivity contribution is -0.136. The third kappa shape index (κ3) is 5.84. The van der Waals surface area contributed by atoms with Crippen LogP contribution in [0.15, 0.2) is 60.2 Å². The van der Waals surface area contributed by atoms with Crippen molar-refractivity contribution in [3.63, 3.8) is 0 Å². The summed E-state index contributed by atoms with van der Waals surface area (Å²) in [5.74, 6) is 0.538. The zero-order valence-electron chi connectivity index (χ0n) is 14.4. The Balaban J connectivity index is 2.04. The van der Waals surface area contributed by atoms with E-state index in [1.54, 1.807) is 24.3 Å². The molecule has 0 bridgehead atoms. The van der Waals surface area contributed by atoms with Gasteiger partial charge in [-0.2, -0.15) is 13.2 Å². The zero-order chi connectivity index (χ0) is 19.2. The average molecular weight is 364 g/mol. The van der Waals surface area contributed by atoms with E-state index in [2.05, 4.69) is 10.6 Å². The Morgan fingerprint density at radius 1 is 1.08 bits per heavy atom. The number of urea groups is 1. The number of rotatable bonds is 5. The number of benzene rings is 2. The van der Waals surface area contributed by atoms with Gasteiger partial charge in [0.1, 0.15) is 12.4 Å². The Kier molecular flexibility index (Phi) is 6.27. The van der Waals surface area contributed by atoms with Gasteiger partial charge in [-0.15, -0.1) is 0 Å². The van der Waals surface area contributed by atoms with Crippen LogP contribution in [0.4, 0.5) is 29.3 Å². The molecule has 2 aromatic carbocycles. The smallest absolute Gasteiger partial charge is 0.418 e. The Morgan fingerprint density at radius 3 is 2.50 bits per heavy atom. The maximum absolute atomic E-state index is 13.0. The van der Waals surface area contributed by atoms with Crippen molar-refractivity contribution in [3.8, 4) is 5.75 Å². The number of halogens is 3. The minimum Gasteiger partial charge on any atom is -0.489 e. The van der Waals surface area contributed by atoms with Crippen molar-refractivity contribution < 1.29 is 22.7 Å². The average Bonchev–Trinajstić information content (AvgIpc) is 2.54. The number of hydrogen-bond acceptors (Lipinski definition) is 2. The van der Waals surface area contributed by atoms with Gasteiger partial charge in [0, 0.05) is 11.8 Å². The lowest BCUT2D eigenvalue weighted by atomic mass is 10.1. The quantitative estimate of drug-likeness (QED) is 0.669. The molecule has 2 rings (SSSR count). The fourth-order valence-electron chi connectivity index (χ4n) is 2.09. The van der Waals surface area contributed by atoms with Crippen molar-refractivity contribution in [1.82, 2.24) is 0 Å². The summed E-state index contributed by atoms with van der Waals surface area (Å²) < 4.78 is 44.4. The molecule has 2 amide bonds. The topological polar surface area (TPSA) is 50.4 Å². The van der Waals surface area contributed by atoms with E-state index >= 15 is 0 Å². The van der Waals surface area contributed by atoms with E-state index in [1.165, 1.54) is 18.2 Å². The van der Waals surface area contributed by atoms with E-state index in [4.69, 9.17) is 4.74 Å². The van der Waals surface area contributed by atoms with Crippen molar-refractivity contribution in [2.45, 2.75) is 20.0 Å². The number of anilines is 2. The van der Waals surface area contributed by atoms with Crippen LogP contribution < -0.4 is 15.4 Å². The first-order chi connectivity index (χ1) is 12.3. The number of alkyl halides is 3. The maximum Gasteiger partial charge on any atom is 0.418 e. The standard InChI is InChI=1S/C19H19F3N2O2/c1-13(2)10-11-26-15-7-5-6-14(12-15)23-18(25)24-17-9-4-3-8-16(17)19(20,21)22/h3-10,12H,11H2,1-2H3,(H2,23,24,25). The van der Waals surface area contributed by atoms with Crippen LogP contribution in [0.2, 0.25) is 0 Å². The first-order valence-electron chi connectivity index (χ1n) is 7.86. The number of carbonyl (C=O) groups is 1. The van der Waals surface area contributed by atoms with Crippen molar-refractivity contribution in [1.29, 1.82) is 0 Å². The van der Waals surface area contributed by atoms with Gasteiger partial charge in [0.25, 0.3) is 0 Å². The van der Waals surface area contributed by atoms with Gasteiger partial charge >= 0.3 is 12.2 Å². The predicted octanol–water partition coefficient (Wildman–Crippen LogP) is 5.69. The Bertz CT molecular complexity index is 797. The molecule has 0 radical (unpaired) electrons. The molecule has 7 heteroatoms. The molecular weight excluding hydrogens is 345 g/mol. The minimum absolute atomic E-state index is 0.312. The Morgan fingerprint density at radius 2 is 1.81 bits per heavy atom. The Labute approximate surface area is 149 Å². The van der Waals surface area contributed by atoms with Crippen LogP contribution in [0.5, 0.6) is 5.75 Å². The first kappa shape index (κ1) is 19.4. The molecule has 0 heterocycles. The summed E-state index contributed by atoms with van der Waals surface area (Å²) >= 11 is 0. The lowest BCUT2D eigenvalue weighted by Gasteiger charge is -2.14. The second kappa shape index (κ2) is 8.42. The second-order valence-electron chi connectivity index (χ2n) is 5.74. The van der Waals surface area contributed by atoms with E-state index in [0.29, 0.717) is 18.0 Å². The molecule has 0 aromatic heterocycles. The van der Waals surface area contributed by atoms with E-state index < -0.39 is 17.8 Å². The number of ether oxygens (including phenoxy) is 1. The molecule has 0 fully saturated rings. The van der Waals surface area contributed by atoms with E-state index in [-0.39, 0.29) is 5.69 Å². The zero-order valence-corrected chi connectivity index (χ0v) is 14.4. The molecule has 0 atom stereocenters. The van der Waals surface area contributed by atoms with Crippen LogP contribution in [0.1, 0.15) is 19.4 Å². The molecule has 2 N–H and O–H groups in total. The van der Waals surface area contributed by atoms with Crippen molar-refractivity contribution in [3.05, 3.63) is 65.7 Å². The highest BCUT2D eigenvalue weighted by Gasteiger charge is 2.33. The van der Waals surface area contributed by atoms with Gasteiger partial charge < -0.3 is 15.4 Å². The Hall–Kier alpha value is -2.96. The highest BCUT2D eigenvalue weighted by atomic mass is 19.4. The van der Waals surface area contributed by atoms with Gasteiger partial charge in [0.2, 0.25) is 0 Å². The summed E-state index contributed by atoms with van der Waals surface area (Å²) in [5, 5.41) is 4.72. The summed E-state index contributed by atoms with van der Waals surface area (Å²) in [6.07, 6.45) is -2.65. The van der Waals surface area contributed by atoms with Crippen LogP contribution in [0.25, 0.3) is 0 Å².